The van der Waals surface area contributed by atoms with Gasteiger partial charge in [0.25, 0.3) is 0 Å². The van der Waals surface area contributed by atoms with Crippen molar-refractivity contribution in [1.82, 2.24) is 14.9 Å². The largest absolute Gasteiger partial charge is 0.480 e. The number of benzene rings is 1. The van der Waals surface area contributed by atoms with Gasteiger partial charge in [0.05, 0.1) is 19.5 Å². The lowest BCUT2D eigenvalue weighted by Crippen LogP contribution is -2.47. The highest BCUT2D eigenvalue weighted by atomic mass is 35.5. The number of rotatable bonds is 4. The Bertz CT molecular complexity index is 659. The van der Waals surface area contributed by atoms with Crippen molar-refractivity contribution in [3.05, 3.63) is 47.2 Å². The summed E-state index contributed by atoms with van der Waals surface area (Å²) < 4.78 is 5.15. The Balaban J connectivity index is 1.65. The third-order valence-electron chi connectivity index (χ3n) is 4.35. The molecule has 1 fully saturated rings. The number of methoxy groups -OCH3 is 1. The van der Waals surface area contributed by atoms with E-state index in [0.717, 1.165) is 37.0 Å². The van der Waals surface area contributed by atoms with Crippen molar-refractivity contribution in [2.24, 2.45) is 0 Å². The summed E-state index contributed by atoms with van der Waals surface area (Å²) in [5.41, 5.74) is 1.18. The Morgan fingerprint density at radius 1 is 1.13 bits per heavy atom. The molecule has 1 atom stereocenters. The molecule has 1 aromatic carbocycles. The highest BCUT2D eigenvalue weighted by Crippen LogP contribution is 2.28. The third kappa shape index (κ3) is 3.57. The molecule has 1 aliphatic heterocycles. The second-order valence-electron chi connectivity index (χ2n) is 5.64. The van der Waals surface area contributed by atoms with E-state index in [4.69, 9.17) is 16.3 Å². The molecule has 0 bridgehead atoms. The molecule has 0 radical (unpaired) electrons. The van der Waals surface area contributed by atoms with Gasteiger partial charge < -0.3 is 9.64 Å². The molecule has 3 rings (SSSR count). The predicted molar refractivity (Wildman–Crippen MR) is 92.2 cm³/mol. The van der Waals surface area contributed by atoms with Gasteiger partial charge in [-0.3, -0.25) is 9.88 Å². The molecule has 0 saturated carbocycles. The van der Waals surface area contributed by atoms with Crippen molar-refractivity contribution in [3.63, 3.8) is 0 Å². The first-order chi connectivity index (χ1) is 11.2. The van der Waals surface area contributed by atoms with Crippen molar-refractivity contribution in [2.45, 2.75) is 13.0 Å². The first-order valence-electron chi connectivity index (χ1n) is 7.78. The summed E-state index contributed by atoms with van der Waals surface area (Å²) in [6.45, 7) is 5.96. The summed E-state index contributed by atoms with van der Waals surface area (Å²) in [5, 5.41) is 0.834. The summed E-state index contributed by atoms with van der Waals surface area (Å²) in [4.78, 5) is 13.3. The summed E-state index contributed by atoms with van der Waals surface area (Å²) >= 11 is 6.33. The summed E-state index contributed by atoms with van der Waals surface area (Å²) in [6.07, 6.45) is 3.41. The highest BCUT2D eigenvalue weighted by Gasteiger charge is 2.24. The van der Waals surface area contributed by atoms with Crippen molar-refractivity contribution >= 4 is 17.4 Å². The van der Waals surface area contributed by atoms with E-state index >= 15 is 0 Å². The molecule has 0 N–H and O–H groups in total. The van der Waals surface area contributed by atoms with Gasteiger partial charge in [0, 0.05) is 37.2 Å². The maximum Gasteiger partial charge on any atom is 0.233 e. The number of piperazine rings is 1. The van der Waals surface area contributed by atoms with Crippen LogP contribution in [0.15, 0.2) is 36.7 Å². The zero-order chi connectivity index (χ0) is 16.2. The van der Waals surface area contributed by atoms with Crippen LogP contribution in [0, 0.1) is 0 Å². The number of hydrogen-bond acceptors (Lipinski definition) is 5. The zero-order valence-electron chi connectivity index (χ0n) is 13.4. The van der Waals surface area contributed by atoms with Gasteiger partial charge in [-0.1, -0.05) is 29.8 Å². The van der Waals surface area contributed by atoms with E-state index in [1.54, 1.807) is 19.5 Å². The lowest BCUT2D eigenvalue weighted by atomic mass is 10.1. The van der Waals surface area contributed by atoms with E-state index < -0.39 is 0 Å². The van der Waals surface area contributed by atoms with Crippen LogP contribution < -0.4 is 9.64 Å². The van der Waals surface area contributed by atoms with Gasteiger partial charge in [0.15, 0.2) is 5.82 Å². The van der Waals surface area contributed by atoms with E-state index in [1.165, 1.54) is 5.56 Å². The molecule has 0 amide bonds. The van der Waals surface area contributed by atoms with Gasteiger partial charge in [-0.25, -0.2) is 0 Å². The van der Waals surface area contributed by atoms with Gasteiger partial charge >= 0.3 is 0 Å². The molecule has 0 spiro atoms. The van der Waals surface area contributed by atoms with Gasteiger partial charge in [-0.2, -0.15) is 4.98 Å². The maximum atomic E-state index is 6.33. The Morgan fingerprint density at radius 2 is 1.87 bits per heavy atom. The molecule has 122 valence electrons. The van der Waals surface area contributed by atoms with Crippen molar-refractivity contribution in [2.75, 3.05) is 38.2 Å². The van der Waals surface area contributed by atoms with E-state index in [2.05, 4.69) is 32.8 Å². The maximum absolute atomic E-state index is 6.33. The summed E-state index contributed by atoms with van der Waals surface area (Å²) in [6, 6.07) is 8.38. The van der Waals surface area contributed by atoms with Crippen molar-refractivity contribution < 1.29 is 4.74 Å². The second-order valence-corrected chi connectivity index (χ2v) is 6.05. The van der Waals surface area contributed by atoms with Crippen LogP contribution >= 0.6 is 11.6 Å². The van der Waals surface area contributed by atoms with Crippen LogP contribution in [0.2, 0.25) is 5.02 Å². The molecule has 5 nitrogen and oxygen atoms in total. The lowest BCUT2D eigenvalue weighted by molar-refractivity contribution is 0.198. The molecule has 23 heavy (non-hydrogen) atoms. The highest BCUT2D eigenvalue weighted by molar-refractivity contribution is 6.31. The molecular weight excluding hydrogens is 312 g/mol. The van der Waals surface area contributed by atoms with Crippen LogP contribution in [0.4, 0.5) is 5.82 Å². The van der Waals surface area contributed by atoms with Crippen LogP contribution in [0.25, 0.3) is 0 Å². The molecule has 0 aliphatic carbocycles. The van der Waals surface area contributed by atoms with E-state index in [1.807, 2.05) is 18.2 Å². The zero-order valence-corrected chi connectivity index (χ0v) is 14.2. The molecule has 2 aromatic rings. The van der Waals surface area contributed by atoms with E-state index in [9.17, 15) is 0 Å². The Labute approximate surface area is 141 Å². The summed E-state index contributed by atoms with van der Waals surface area (Å²) in [5.74, 6) is 1.42. The molecular formula is C17H21ClN4O. The van der Waals surface area contributed by atoms with E-state index in [-0.39, 0.29) is 0 Å². The minimum atomic E-state index is 0.308. The number of anilines is 1. The number of hydrogen-bond donors (Lipinski definition) is 0. The molecule has 1 unspecified atom stereocenters. The standard InChI is InChI=1S/C17H21ClN4O/c1-13(14-5-3-4-6-15(14)18)21-7-9-22(10-8-21)16-11-19-12-17(20-16)23-2/h3-6,11-13H,7-10H2,1-2H3. The van der Waals surface area contributed by atoms with Crippen LogP contribution in [-0.2, 0) is 0 Å². The fourth-order valence-electron chi connectivity index (χ4n) is 2.94. The minimum absolute atomic E-state index is 0.308. The van der Waals surface area contributed by atoms with Crippen molar-refractivity contribution in [3.8, 4) is 5.88 Å². The fraction of sp³-hybridized carbons (Fsp3) is 0.412. The quantitative estimate of drug-likeness (QED) is 0.861. The van der Waals surface area contributed by atoms with Gasteiger partial charge in [-0.15, -0.1) is 0 Å². The average molecular weight is 333 g/mol. The Hall–Kier alpha value is -1.85. The normalized spacial score (nSPS) is 17.1. The third-order valence-corrected chi connectivity index (χ3v) is 4.69. The smallest absolute Gasteiger partial charge is 0.233 e. The van der Waals surface area contributed by atoms with Crippen LogP contribution in [0.1, 0.15) is 18.5 Å². The SMILES string of the molecule is COc1cncc(N2CCN(C(C)c3ccccc3Cl)CC2)n1. The minimum Gasteiger partial charge on any atom is -0.480 e. The monoisotopic (exact) mass is 332 g/mol. The Morgan fingerprint density at radius 3 is 2.57 bits per heavy atom. The topological polar surface area (TPSA) is 41.5 Å². The molecule has 2 heterocycles. The van der Waals surface area contributed by atoms with Crippen LogP contribution in [-0.4, -0.2) is 48.2 Å². The first-order valence-corrected chi connectivity index (χ1v) is 8.16. The summed E-state index contributed by atoms with van der Waals surface area (Å²) in [7, 11) is 1.61. The predicted octanol–water partition coefficient (Wildman–Crippen LogP) is 3.02. The lowest BCUT2D eigenvalue weighted by Gasteiger charge is -2.38. The van der Waals surface area contributed by atoms with Gasteiger partial charge in [0.1, 0.15) is 0 Å². The molecule has 1 saturated heterocycles. The first kappa shape index (κ1) is 16.0. The second kappa shape index (κ2) is 7.15. The fourth-order valence-corrected chi connectivity index (χ4v) is 3.23. The molecule has 1 aromatic heterocycles. The molecule has 6 heteroatoms. The number of nitrogens with zero attached hydrogens (tertiary/aromatic N) is 4. The number of ether oxygens (including phenoxy) is 1. The van der Waals surface area contributed by atoms with Crippen molar-refractivity contribution in [1.29, 1.82) is 0 Å². The Kier molecular flexibility index (Phi) is 4.98. The van der Waals surface area contributed by atoms with Gasteiger partial charge in [-0.05, 0) is 18.6 Å². The van der Waals surface area contributed by atoms with E-state index in [0.29, 0.717) is 11.9 Å². The van der Waals surface area contributed by atoms with Gasteiger partial charge in [0.2, 0.25) is 5.88 Å². The van der Waals surface area contributed by atoms with Crippen LogP contribution in [0.5, 0.6) is 5.88 Å². The molecule has 1 aliphatic rings. The number of halogens is 1. The average Bonchev–Trinajstić information content (AvgIpc) is 2.62. The van der Waals surface area contributed by atoms with Crippen LogP contribution in [0.3, 0.4) is 0 Å². The number of aromatic nitrogens is 2.